The topological polar surface area (TPSA) is 3.24 Å². The average molecular weight is 438 g/mol. The van der Waals surface area contributed by atoms with Gasteiger partial charge in [-0.2, -0.15) is 0 Å². The van der Waals surface area contributed by atoms with Gasteiger partial charge in [-0.3, -0.25) is 0 Å². The molecule has 0 N–H and O–H groups in total. The number of rotatable bonds is 3. The predicted octanol–water partition coefficient (Wildman–Crippen LogP) is 8.48. The van der Waals surface area contributed by atoms with Crippen molar-refractivity contribution >= 4 is 27.2 Å². The first-order valence-corrected chi connectivity index (χ1v) is 11.9. The Morgan fingerprint density at radius 1 is 0.618 bits per heavy atom. The van der Waals surface area contributed by atoms with Crippen molar-refractivity contribution in [3.8, 4) is 22.3 Å². The Morgan fingerprint density at radius 3 is 2.09 bits per heavy atom. The summed E-state index contributed by atoms with van der Waals surface area (Å²) in [5.74, 6) is 0. The van der Waals surface area contributed by atoms with E-state index in [4.69, 9.17) is 0 Å². The van der Waals surface area contributed by atoms with Crippen LogP contribution in [0.25, 0.3) is 49.5 Å². The molecule has 0 bridgehead atoms. The van der Waals surface area contributed by atoms with Crippen molar-refractivity contribution < 1.29 is 0 Å². The number of benzene rings is 5. The molecule has 0 saturated carbocycles. The molecule has 0 aliphatic carbocycles. The highest BCUT2D eigenvalue weighted by Gasteiger charge is 2.12. The maximum atomic E-state index is 2.35. The van der Waals surface area contributed by atoms with Crippen molar-refractivity contribution in [2.75, 3.05) is 13.6 Å². The largest absolute Gasteiger partial charge is 0.370 e. The average Bonchev–Trinajstić information content (AvgIpc) is 2.88. The predicted molar refractivity (Wildman–Crippen MR) is 147 cm³/mol. The first-order valence-electron chi connectivity index (χ1n) is 11.9. The standard InChI is InChI=1S/C33H27N/c1-23-19-27(24-14-16-25(17-15-24)33-13-7-8-18-34(33)2)21-28(20-23)32-22-26-9-3-4-10-29(26)30-11-5-6-12-31(30)32/h3-17,19-22H,18H2,1-2H3. The highest BCUT2D eigenvalue weighted by molar-refractivity contribution is 6.13. The number of hydrogen-bond donors (Lipinski definition) is 0. The van der Waals surface area contributed by atoms with Crippen LogP contribution in [-0.4, -0.2) is 18.5 Å². The number of aryl methyl sites for hydroxylation is 1. The van der Waals surface area contributed by atoms with Crippen LogP contribution in [0.1, 0.15) is 11.1 Å². The number of nitrogens with zero attached hydrogens (tertiary/aromatic N) is 1. The van der Waals surface area contributed by atoms with Gasteiger partial charge < -0.3 is 4.90 Å². The van der Waals surface area contributed by atoms with E-state index in [2.05, 4.69) is 134 Å². The van der Waals surface area contributed by atoms with Crippen molar-refractivity contribution in [2.45, 2.75) is 6.92 Å². The van der Waals surface area contributed by atoms with Gasteiger partial charge in [-0.25, -0.2) is 0 Å². The zero-order valence-electron chi connectivity index (χ0n) is 19.6. The second kappa shape index (κ2) is 8.35. The molecule has 1 aliphatic heterocycles. The summed E-state index contributed by atoms with van der Waals surface area (Å²) in [6, 6.07) is 35.7. The summed E-state index contributed by atoms with van der Waals surface area (Å²) in [7, 11) is 2.14. The number of allylic oxidation sites excluding steroid dienone is 2. The molecule has 0 unspecified atom stereocenters. The molecule has 1 aliphatic rings. The van der Waals surface area contributed by atoms with Crippen LogP contribution in [-0.2, 0) is 0 Å². The van der Waals surface area contributed by atoms with Gasteiger partial charge in [-0.15, -0.1) is 0 Å². The highest BCUT2D eigenvalue weighted by atomic mass is 15.1. The van der Waals surface area contributed by atoms with Crippen LogP contribution in [0, 0.1) is 6.92 Å². The van der Waals surface area contributed by atoms with E-state index in [-0.39, 0.29) is 0 Å². The van der Waals surface area contributed by atoms with Crippen molar-refractivity contribution in [1.82, 2.24) is 4.90 Å². The van der Waals surface area contributed by atoms with Gasteiger partial charge in [0.25, 0.3) is 0 Å². The zero-order chi connectivity index (χ0) is 23.1. The molecule has 0 aromatic heterocycles. The molecular formula is C33H27N. The molecular weight excluding hydrogens is 410 g/mol. The van der Waals surface area contributed by atoms with E-state index in [1.54, 1.807) is 0 Å². The monoisotopic (exact) mass is 437 g/mol. The molecule has 1 heteroatoms. The van der Waals surface area contributed by atoms with E-state index in [0.29, 0.717) is 0 Å². The minimum absolute atomic E-state index is 0.953. The molecule has 34 heavy (non-hydrogen) atoms. The van der Waals surface area contributed by atoms with Crippen molar-refractivity contribution in [3.63, 3.8) is 0 Å². The number of likely N-dealkylation sites (N-methyl/N-ethyl adjacent to an activating group) is 1. The van der Waals surface area contributed by atoms with Crippen LogP contribution in [0.15, 0.2) is 115 Å². The van der Waals surface area contributed by atoms with Gasteiger partial charge in [-0.1, -0.05) is 97.1 Å². The molecule has 0 saturated heterocycles. The summed E-state index contributed by atoms with van der Waals surface area (Å²) in [6.07, 6.45) is 6.51. The second-order valence-electron chi connectivity index (χ2n) is 9.22. The molecule has 1 nitrogen and oxygen atoms in total. The Hall–Kier alpha value is -4.10. The quantitative estimate of drug-likeness (QED) is 0.256. The first kappa shape index (κ1) is 20.5. The van der Waals surface area contributed by atoms with E-state index < -0.39 is 0 Å². The smallest absolute Gasteiger partial charge is 0.0439 e. The van der Waals surface area contributed by atoms with Crippen molar-refractivity contribution in [3.05, 3.63) is 126 Å². The lowest BCUT2D eigenvalue weighted by atomic mass is 9.90. The van der Waals surface area contributed by atoms with Crippen LogP contribution >= 0.6 is 0 Å². The van der Waals surface area contributed by atoms with Gasteiger partial charge in [0.2, 0.25) is 0 Å². The van der Waals surface area contributed by atoms with E-state index in [1.165, 1.54) is 60.6 Å². The summed E-state index contributed by atoms with van der Waals surface area (Å²) in [4.78, 5) is 2.28. The normalized spacial score (nSPS) is 13.5. The molecule has 0 spiro atoms. The fourth-order valence-electron chi connectivity index (χ4n) is 5.15. The third-order valence-corrected chi connectivity index (χ3v) is 6.85. The van der Waals surface area contributed by atoms with Gasteiger partial charge in [0.05, 0.1) is 0 Å². The lowest BCUT2D eigenvalue weighted by molar-refractivity contribution is 0.531. The minimum Gasteiger partial charge on any atom is -0.370 e. The zero-order valence-corrected chi connectivity index (χ0v) is 19.6. The first-order chi connectivity index (χ1) is 16.7. The molecule has 1 heterocycles. The highest BCUT2D eigenvalue weighted by Crippen LogP contribution is 2.37. The molecule has 5 aromatic carbocycles. The van der Waals surface area contributed by atoms with Crippen LogP contribution in [0.4, 0.5) is 0 Å². The van der Waals surface area contributed by atoms with Gasteiger partial charge in [-0.05, 0) is 80.1 Å². The third-order valence-electron chi connectivity index (χ3n) is 6.85. The van der Waals surface area contributed by atoms with Gasteiger partial charge in [0, 0.05) is 19.3 Å². The summed E-state index contributed by atoms with van der Waals surface area (Å²) in [5.41, 5.74) is 8.84. The van der Waals surface area contributed by atoms with Crippen LogP contribution in [0.2, 0.25) is 0 Å². The van der Waals surface area contributed by atoms with Gasteiger partial charge in [0.1, 0.15) is 0 Å². The second-order valence-corrected chi connectivity index (χ2v) is 9.22. The summed E-state index contributed by atoms with van der Waals surface area (Å²) >= 11 is 0. The molecule has 6 rings (SSSR count). The maximum Gasteiger partial charge on any atom is 0.0439 e. The molecule has 0 atom stereocenters. The van der Waals surface area contributed by atoms with E-state index >= 15 is 0 Å². The lowest BCUT2D eigenvalue weighted by Crippen LogP contribution is -2.18. The Bertz CT molecular complexity index is 1590. The number of hydrogen-bond acceptors (Lipinski definition) is 1. The van der Waals surface area contributed by atoms with Crippen molar-refractivity contribution in [1.29, 1.82) is 0 Å². The lowest BCUT2D eigenvalue weighted by Gasteiger charge is -2.23. The Balaban J connectivity index is 1.47. The summed E-state index contributed by atoms with van der Waals surface area (Å²) in [6.45, 7) is 3.15. The molecule has 0 fully saturated rings. The molecule has 164 valence electrons. The summed E-state index contributed by atoms with van der Waals surface area (Å²) < 4.78 is 0. The molecule has 0 amide bonds. The SMILES string of the molecule is Cc1cc(-c2ccc(C3=CC=CCN3C)cc2)cc(-c2cc3ccccc3c3ccccc23)c1. The maximum absolute atomic E-state index is 2.35. The Labute approximate surface area is 201 Å². The van der Waals surface area contributed by atoms with Crippen LogP contribution in [0.5, 0.6) is 0 Å². The van der Waals surface area contributed by atoms with E-state index in [9.17, 15) is 0 Å². The Morgan fingerprint density at radius 2 is 1.29 bits per heavy atom. The van der Waals surface area contributed by atoms with Crippen molar-refractivity contribution in [2.24, 2.45) is 0 Å². The van der Waals surface area contributed by atoms with Crippen LogP contribution < -0.4 is 0 Å². The fraction of sp³-hybridized carbons (Fsp3) is 0.0909. The third kappa shape index (κ3) is 3.60. The van der Waals surface area contributed by atoms with Gasteiger partial charge >= 0.3 is 0 Å². The fourth-order valence-corrected chi connectivity index (χ4v) is 5.15. The van der Waals surface area contributed by atoms with E-state index in [1.807, 2.05) is 0 Å². The van der Waals surface area contributed by atoms with E-state index in [0.717, 1.165) is 6.54 Å². The molecule has 5 aromatic rings. The number of fused-ring (bicyclic) bond motifs is 3. The minimum atomic E-state index is 0.953. The summed E-state index contributed by atoms with van der Waals surface area (Å²) in [5, 5.41) is 5.19. The van der Waals surface area contributed by atoms with Gasteiger partial charge in [0.15, 0.2) is 0 Å². The Kier molecular flexibility index (Phi) is 5.04. The van der Waals surface area contributed by atoms with Crippen LogP contribution in [0.3, 0.4) is 0 Å². The molecule has 0 radical (unpaired) electrons.